The van der Waals surface area contributed by atoms with Crippen LogP contribution in [-0.2, 0) is 9.47 Å². The maximum absolute atomic E-state index is 11.4. The van der Waals surface area contributed by atoms with E-state index in [-0.39, 0.29) is 12.1 Å². The molecule has 1 aliphatic heterocycles. The Morgan fingerprint density at radius 2 is 2.27 bits per heavy atom. The molecule has 0 aliphatic carbocycles. The van der Waals surface area contributed by atoms with Crippen molar-refractivity contribution in [3.63, 3.8) is 0 Å². The zero-order valence-corrected chi connectivity index (χ0v) is 9.63. The van der Waals surface area contributed by atoms with Gasteiger partial charge in [-0.05, 0) is 20.8 Å². The molecule has 15 heavy (non-hydrogen) atoms. The molecule has 0 aromatic rings. The van der Waals surface area contributed by atoms with Gasteiger partial charge in [-0.2, -0.15) is 0 Å². The topological polar surface area (TPSA) is 59.6 Å². The summed E-state index contributed by atoms with van der Waals surface area (Å²) >= 11 is 0. The number of carbonyl (C=O) groups excluding carboxylic acids is 1. The van der Waals surface area contributed by atoms with E-state index in [0.717, 1.165) is 13.1 Å². The highest BCUT2D eigenvalue weighted by Crippen LogP contribution is 2.06. The Balaban J connectivity index is 2.30. The Kier molecular flexibility index (Phi) is 4.35. The van der Waals surface area contributed by atoms with Crippen LogP contribution in [0, 0.1) is 0 Å². The van der Waals surface area contributed by atoms with E-state index in [0.29, 0.717) is 13.2 Å². The fourth-order valence-electron chi connectivity index (χ4n) is 1.27. The minimum absolute atomic E-state index is 0.0117. The van der Waals surface area contributed by atoms with Crippen LogP contribution in [0.5, 0.6) is 0 Å². The lowest BCUT2D eigenvalue weighted by atomic mass is 10.2. The number of hydrogen-bond acceptors (Lipinski definition) is 4. The van der Waals surface area contributed by atoms with Crippen molar-refractivity contribution in [2.24, 2.45) is 0 Å². The highest BCUT2D eigenvalue weighted by atomic mass is 16.6. The molecule has 1 heterocycles. The second kappa shape index (κ2) is 5.32. The first-order chi connectivity index (χ1) is 6.97. The van der Waals surface area contributed by atoms with Crippen molar-refractivity contribution in [1.29, 1.82) is 0 Å². The Morgan fingerprint density at radius 1 is 1.53 bits per heavy atom. The lowest BCUT2D eigenvalue weighted by Gasteiger charge is -2.22. The van der Waals surface area contributed by atoms with Crippen LogP contribution < -0.4 is 10.6 Å². The van der Waals surface area contributed by atoms with Crippen LogP contribution in [0.4, 0.5) is 4.79 Å². The van der Waals surface area contributed by atoms with Gasteiger partial charge in [0, 0.05) is 13.1 Å². The van der Waals surface area contributed by atoms with E-state index < -0.39 is 5.60 Å². The normalized spacial score (nSPS) is 23.0. The van der Waals surface area contributed by atoms with Crippen LogP contribution in [0.3, 0.4) is 0 Å². The van der Waals surface area contributed by atoms with Crippen molar-refractivity contribution in [3.8, 4) is 0 Å². The molecular weight excluding hydrogens is 196 g/mol. The minimum atomic E-state index is -0.455. The van der Waals surface area contributed by atoms with Crippen LogP contribution in [0.2, 0.25) is 0 Å². The number of rotatable bonds is 1. The lowest BCUT2D eigenvalue weighted by Crippen LogP contribution is -2.45. The smallest absolute Gasteiger partial charge is 0.407 e. The molecule has 1 aliphatic rings. The molecule has 5 heteroatoms. The summed E-state index contributed by atoms with van der Waals surface area (Å²) < 4.78 is 10.5. The summed E-state index contributed by atoms with van der Waals surface area (Å²) in [5, 5.41) is 5.94. The molecule has 1 saturated heterocycles. The van der Waals surface area contributed by atoms with E-state index in [1.54, 1.807) is 0 Å². The Morgan fingerprint density at radius 3 is 2.93 bits per heavy atom. The first-order valence-corrected chi connectivity index (χ1v) is 5.25. The van der Waals surface area contributed by atoms with Crippen molar-refractivity contribution in [2.45, 2.75) is 32.4 Å². The summed E-state index contributed by atoms with van der Waals surface area (Å²) in [6.45, 7) is 8.29. The first-order valence-electron chi connectivity index (χ1n) is 5.25. The highest BCUT2D eigenvalue weighted by molar-refractivity contribution is 5.68. The molecule has 88 valence electrons. The molecule has 1 rings (SSSR count). The van der Waals surface area contributed by atoms with Crippen molar-refractivity contribution in [3.05, 3.63) is 0 Å². The predicted octanol–water partition coefficient (Wildman–Crippen LogP) is 0.500. The number of alkyl carbamates (subject to hydrolysis) is 1. The average Bonchev–Trinajstić information content (AvgIpc) is 2.28. The van der Waals surface area contributed by atoms with Gasteiger partial charge in [0.2, 0.25) is 0 Å². The largest absolute Gasteiger partial charge is 0.444 e. The molecule has 5 nitrogen and oxygen atoms in total. The zero-order valence-electron chi connectivity index (χ0n) is 9.63. The van der Waals surface area contributed by atoms with Gasteiger partial charge in [-0.15, -0.1) is 0 Å². The van der Waals surface area contributed by atoms with E-state index in [9.17, 15) is 4.79 Å². The summed E-state index contributed by atoms with van der Waals surface area (Å²) in [4.78, 5) is 11.4. The van der Waals surface area contributed by atoms with E-state index in [1.807, 2.05) is 20.8 Å². The van der Waals surface area contributed by atoms with Crippen LogP contribution in [0.1, 0.15) is 20.8 Å². The molecule has 1 atom stereocenters. The van der Waals surface area contributed by atoms with Gasteiger partial charge in [0.25, 0.3) is 0 Å². The maximum atomic E-state index is 11.4. The lowest BCUT2D eigenvalue weighted by molar-refractivity contribution is 0.0466. The number of hydrogen-bond donors (Lipinski definition) is 2. The standard InChI is InChI=1S/C10H20N2O3/c1-10(2,3)15-9(13)12-8-6-11-4-5-14-7-8/h8,11H,4-7H2,1-3H3,(H,12,13)/t8-/m0/s1. The van der Waals surface area contributed by atoms with Crippen LogP contribution in [0.15, 0.2) is 0 Å². The van der Waals surface area contributed by atoms with E-state index in [4.69, 9.17) is 9.47 Å². The monoisotopic (exact) mass is 216 g/mol. The molecule has 0 bridgehead atoms. The van der Waals surface area contributed by atoms with E-state index >= 15 is 0 Å². The van der Waals surface area contributed by atoms with Gasteiger partial charge in [0.05, 0.1) is 19.3 Å². The van der Waals surface area contributed by atoms with Gasteiger partial charge < -0.3 is 20.1 Å². The maximum Gasteiger partial charge on any atom is 0.407 e. The summed E-state index contributed by atoms with van der Waals surface area (Å²) in [6, 6.07) is -0.0117. The molecule has 1 amide bonds. The quantitative estimate of drug-likeness (QED) is 0.670. The zero-order chi connectivity index (χ0) is 11.3. The van der Waals surface area contributed by atoms with Gasteiger partial charge in [0.1, 0.15) is 5.60 Å². The third-order valence-corrected chi connectivity index (χ3v) is 1.85. The number of nitrogens with one attached hydrogen (secondary N) is 2. The van der Waals surface area contributed by atoms with Crippen molar-refractivity contribution in [1.82, 2.24) is 10.6 Å². The fourth-order valence-corrected chi connectivity index (χ4v) is 1.27. The van der Waals surface area contributed by atoms with E-state index in [2.05, 4.69) is 10.6 Å². The second-order valence-corrected chi connectivity index (χ2v) is 4.62. The molecule has 0 unspecified atom stereocenters. The molecule has 0 radical (unpaired) electrons. The van der Waals surface area contributed by atoms with Crippen molar-refractivity contribution >= 4 is 6.09 Å². The molecule has 1 fully saturated rings. The molecule has 0 saturated carbocycles. The first kappa shape index (κ1) is 12.3. The summed E-state index contributed by atoms with van der Waals surface area (Å²) in [5.41, 5.74) is -0.455. The molecule has 0 aromatic carbocycles. The predicted molar refractivity (Wildman–Crippen MR) is 56.8 cm³/mol. The second-order valence-electron chi connectivity index (χ2n) is 4.62. The molecule has 2 N–H and O–H groups in total. The molecule has 0 spiro atoms. The highest BCUT2D eigenvalue weighted by Gasteiger charge is 2.20. The van der Waals surface area contributed by atoms with Gasteiger partial charge in [0.15, 0.2) is 0 Å². The average molecular weight is 216 g/mol. The third kappa shape index (κ3) is 5.59. The summed E-state index contributed by atoms with van der Waals surface area (Å²) in [7, 11) is 0. The van der Waals surface area contributed by atoms with Crippen molar-refractivity contribution in [2.75, 3.05) is 26.3 Å². The van der Waals surface area contributed by atoms with Gasteiger partial charge in [-0.1, -0.05) is 0 Å². The van der Waals surface area contributed by atoms with Crippen LogP contribution in [-0.4, -0.2) is 44.0 Å². The SMILES string of the molecule is CC(C)(C)OC(=O)N[C@H]1CNCCOC1. The number of ether oxygens (including phenoxy) is 2. The number of amides is 1. The fraction of sp³-hybridized carbons (Fsp3) is 0.900. The summed E-state index contributed by atoms with van der Waals surface area (Å²) in [5.74, 6) is 0. The Labute approximate surface area is 90.5 Å². The minimum Gasteiger partial charge on any atom is -0.444 e. The van der Waals surface area contributed by atoms with E-state index in [1.165, 1.54) is 0 Å². The molecule has 0 aromatic heterocycles. The third-order valence-electron chi connectivity index (χ3n) is 1.85. The number of carbonyl (C=O) groups is 1. The summed E-state index contributed by atoms with van der Waals surface area (Å²) in [6.07, 6.45) is -0.389. The van der Waals surface area contributed by atoms with Gasteiger partial charge in [-0.25, -0.2) is 4.79 Å². The molecular formula is C10H20N2O3. The Hall–Kier alpha value is -0.810. The van der Waals surface area contributed by atoms with Crippen LogP contribution >= 0.6 is 0 Å². The van der Waals surface area contributed by atoms with Gasteiger partial charge in [-0.3, -0.25) is 0 Å². The van der Waals surface area contributed by atoms with Crippen molar-refractivity contribution < 1.29 is 14.3 Å². The van der Waals surface area contributed by atoms with Crippen LogP contribution in [0.25, 0.3) is 0 Å². The Bertz CT molecular complexity index is 205. The van der Waals surface area contributed by atoms with Gasteiger partial charge >= 0.3 is 6.09 Å².